The Morgan fingerprint density at radius 2 is 2.31 bits per heavy atom. The molecule has 0 spiro atoms. The van der Waals surface area contributed by atoms with Crippen LogP contribution in [0.3, 0.4) is 0 Å². The standard InChI is InChI=1S/C8H11ClN2OS/c9-7-5-13-8(11-7)12-6-1-3-10-4-2-6/h5-6,10H,1-4H2. The van der Waals surface area contributed by atoms with Crippen molar-refractivity contribution in [3.05, 3.63) is 10.5 Å². The van der Waals surface area contributed by atoms with Crippen molar-refractivity contribution in [2.24, 2.45) is 0 Å². The number of hydrogen-bond donors (Lipinski definition) is 1. The Morgan fingerprint density at radius 1 is 1.54 bits per heavy atom. The predicted molar refractivity (Wildman–Crippen MR) is 53.6 cm³/mol. The fourth-order valence-electron chi connectivity index (χ4n) is 1.35. The Labute approximate surface area is 86.1 Å². The summed E-state index contributed by atoms with van der Waals surface area (Å²) >= 11 is 7.14. The molecule has 5 heteroatoms. The third-order valence-electron chi connectivity index (χ3n) is 2.01. The number of piperidine rings is 1. The maximum absolute atomic E-state index is 5.69. The van der Waals surface area contributed by atoms with Crippen LogP contribution in [0.5, 0.6) is 5.19 Å². The zero-order chi connectivity index (χ0) is 9.10. The molecule has 1 saturated heterocycles. The molecule has 1 fully saturated rings. The monoisotopic (exact) mass is 218 g/mol. The molecule has 0 radical (unpaired) electrons. The number of halogens is 1. The highest BCUT2D eigenvalue weighted by Gasteiger charge is 2.15. The second-order valence-corrected chi connectivity index (χ2v) is 4.21. The fraction of sp³-hybridized carbons (Fsp3) is 0.625. The number of nitrogens with one attached hydrogen (secondary N) is 1. The van der Waals surface area contributed by atoms with E-state index in [4.69, 9.17) is 16.3 Å². The van der Waals surface area contributed by atoms with E-state index >= 15 is 0 Å². The van der Waals surface area contributed by atoms with Crippen molar-refractivity contribution in [2.75, 3.05) is 13.1 Å². The summed E-state index contributed by atoms with van der Waals surface area (Å²) < 4.78 is 5.66. The van der Waals surface area contributed by atoms with Crippen molar-refractivity contribution < 1.29 is 4.74 Å². The third-order valence-corrected chi connectivity index (χ3v) is 3.06. The molecule has 1 aliphatic rings. The Hall–Kier alpha value is -0.320. The summed E-state index contributed by atoms with van der Waals surface area (Å²) in [6.07, 6.45) is 2.41. The predicted octanol–water partition coefficient (Wildman–Crippen LogP) is 1.93. The highest BCUT2D eigenvalue weighted by atomic mass is 35.5. The molecule has 1 aromatic heterocycles. The summed E-state index contributed by atoms with van der Waals surface area (Å²) in [5.41, 5.74) is 0. The van der Waals surface area contributed by atoms with E-state index in [1.54, 1.807) is 5.38 Å². The van der Waals surface area contributed by atoms with Crippen LogP contribution in [0.15, 0.2) is 5.38 Å². The van der Waals surface area contributed by atoms with Crippen LogP contribution in [-0.4, -0.2) is 24.2 Å². The van der Waals surface area contributed by atoms with E-state index in [-0.39, 0.29) is 0 Å². The highest BCUT2D eigenvalue weighted by Crippen LogP contribution is 2.23. The van der Waals surface area contributed by atoms with Gasteiger partial charge in [-0.15, -0.1) is 0 Å². The lowest BCUT2D eigenvalue weighted by molar-refractivity contribution is 0.162. The Balaban J connectivity index is 1.89. The highest BCUT2D eigenvalue weighted by molar-refractivity contribution is 7.11. The lowest BCUT2D eigenvalue weighted by atomic mass is 10.1. The first-order valence-corrected chi connectivity index (χ1v) is 5.59. The van der Waals surface area contributed by atoms with Crippen LogP contribution < -0.4 is 10.1 Å². The smallest absolute Gasteiger partial charge is 0.274 e. The van der Waals surface area contributed by atoms with Gasteiger partial charge in [0, 0.05) is 5.38 Å². The number of aromatic nitrogens is 1. The minimum Gasteiger partial charge on any atom is -0.467 e. The number of thiazole rings is 1. The molecule has 0 amide bonds. The van der Waals surface area contributed by atoms with Gasteiger partial charge in [-0.3, -0.25) is 0 Å². The van der Waals surface area contributed by atoms with Gasteiger partial charge in [-0.05, 0) is 25.9 Å². The molecule has 2 rings (SSSR count). The molecule has 0 aromatic carbocycles. The Morgan fingerprint density at radius 3 is 2.92 bits per heavy atom. The largest absolute Gasteiger partial charge is 0.467 e. The molecule has 1 aromatic rings. The van der Waals surface area contributed by atoms with E-state index in [0.29, 0.717) is 16.5 Å². The maximum Gasteiger partial charge on any atom is 0.274 e. The molecule has 0 saturated carbocycles. The third kappa shape index (κ3) is 2.56. The van der Waals surface area contributed by atoms with E-state index < -0.39 is 0 Å². The van der Waals surface area contributed by atoms with Crippen LogP contribution in [0, 0.1) is 0 Å². The van der Waals surface area contributed by atoms with Crippen molar-refractivity contribution >= 4 is 22.9 Å². The zero-order valence-corrected chi connectivity index (χ0v) is 8.70. The second-order valence-electron chi connectivity index (χ2n) is 3.00. The molecular formula is C8H11ClN2OS. The lowest BCUT2D eigenvalue weighted by Crippen LogP contribution is -2.34. The molecule has 0 unspecified atom stereocenters. The van der Waals surface area contributed by atoms with E-state index in [2.05, 4.69) is 10.3 Å². The quantitative estimate of drug-likeness (QED) is 0.824. The Bertz CT molecular complexity index is 273. The minimum absolute atomic E-state index is 0.309. The SMILES string of the molecule is Clc1csc(OC2CCNCC2)n1. The van der Waals surface area contributed by atoms with Crippen LogP contribution in [0.2, 0.25) is 5.15 Å². The van der Waals surface area contributed by atoms with Crippen LogP contribution in [0.1, 0.15) is 12.8 Å². The molecule has 72 valence electrons. The number of ether oxygens (including phenoxy) is 1. The van der Waals surface area contributed by atoms with E-state index in [9.17, 15) is 0 Å². The van der Waals surface area contributed by atoms with Gasteiger partial charge in [-0.1, -0.05) is 22.9 Å². The minimum atomic E-state index is 0.309. The van der Waals surface area contributed by atoms with Gasteiger partial charge in [0.25, 0.3) is 5.19 Å². The molecule has 1 aliphatic heterocycles. The lowest BCUT2D eigenvalue weighted by Gasteiger charge is -2.22. The summed E-state index contributed by atoms with van der Waals surface area (Å²) in [5.74, 6) is 0. The molecule has 2 heterocycles. The van der Waals surface area contributed by atoms with E-state index in [0.717, 1.165) is 25.9 Å². The van der Waals surface area contributed by atoms with Gasteiger partial charge in [0.1, 0.15) is 11.3 Å². The second kappa shape index (κ2) is 4.26. The average Bonchev–Trinajstić information content (AvgIpc) is 2.53. The molecular weight excluding hydrogens is 208 g/mol. The number of hydrogen-bond acceptors (Lipinski definition) is 4. The zero-order valence-electron chi connectivity index (χ0n) is 7.12. The fourth-order valence-corrected chi connectivity index (χ4v) is 2.20. The summed E-state index contributed by atoms with van der Waals surface area (Å²) in [7, 11) is 0. The van der Waals surface area contributed by atoms with Crippen LogP contribution in [0.4, 0.5) is 0 Å². The van der Waals surface area contributed by atoms with Crippen molar-refractivity contribution in [1.82, 2.24) is 10.3 Å². The van der Waals surface area contributed by atoms with E-state index in [1.807, 2.05) is 0 Å². The Kier molecular flexibility index (Phi) is 3.03. The average molecular weight is 219 g/mol. The summed E-state index contributed by atoms with van der Waals surface area (Å²) in [6.45, 7) is 2.06. The number of nitrogens with zero attached hydrogens (tertiary/aromatic N) is 1. The van der Waals surface area contributed by atoms with Gasteiger partial charge in [-0.2, -0.15) is 4.98 Å². The summed E-state index contributed by atoms with van der Waals surface area (Å²) in [6, 6.07) is 0. The molecule has 3 nitrogen and oxygen atoms in total. The van der Waals surface area contributed by atoms with Crippen molar-refractivity contribution in [1.29, 1.82) is 0 Å². The van der Waals surface area contributed by atoms with Crippen molar-refractivity contribution in [3.8, 4) is 5.19 Å². The van der Waals surface area contributed by atoms with Gasteiger partial charge in [0.2, 0.25) is 0 Å². The van der Waals surface area contributed by atoms with Gasteiger partial charge in [0.05, 0.1) is 0 Å². The topological polar surface area (TPSA) is 34.1 Å². The first-order chi connectivity index (χ1) is 6.34. The number of rotatable bonds is 2. The van der Waals surface area contributed by atoms with Crippen LogP contribution in [0.25, 0.3) is 0 Å². The summed E-state index contributed by atoms with van der Waals surface area (Å²) in [4.78, 5) is 4.05. The molecule has 13 heavy (non-hydrogen) atoms. The van der Waals surface area contributed by atoms with Gasteiger partial charge in [-0.25, -0.2) is 0 Å². The molecule has 0 atom stereocenters. The first kappa shape index (κ1) is 9.24. The van der Waals surface area contributed by atoms with Gasteiger partial charge in [0.15, 0.2) is 0 Å². The van der Waals surface area contributed by atoms with Gasteiger partial charge < -0.3 is 10.1 Å². The first-order valence-electron chi connectivity index (χ1n) is 4.33. The van der Waals surface area contributed by atoms with Crippen LogP contribution in [-0.2, 0) is 0 Å². The van der Waals surface area contributed by atoms with Crippen LogP contribution >= 0.6 is 22.9 Å². The van der Waals surface area contributed by atoms with Crippen molar-refractivity contribution in [3.63, 3.8) is 0 Å². The van der Waals surface area contributed by atoms with E-state index in [1.165, 1.54) is 11.3 Å². The molecule has 0 aliphatic carbocycles. The molecule has 1 N–H and O–H groups in total. The normalized spacial score (nSPS) is 18.8. The molecule has 0 bridgehead atoms. The van der Waals surface area contributed by atoms with Crippen molar-refractivity contribution in [2.45, 2.75) is 18.9 Å². The van der Waals surface area contributed by atoms with Gasteiger partial charge >= 0.3 is 0 Å². The summed E-state index contributed by atoms with van der Waals surface area (Å²) in [5, 5.41) is 6.29. The maximum atomic E-state index is 5.69.